The average Bonchev–Trinajstić information content (AvgIpc) is 3.08. The third kappa shape index (κ3) is 4.31. The topological polar surface area (TPSA) is 66.0 Å². The number of nitrogens with one attached hydrogen (secondary N) is 2. The zero-order valence-electron chi connectivity index (χ0n) is 13.8. The molecule has 2 heterocycles. The van der Waals surface area contributed by atoms with Gasteiger partial charge in [0.2, 0.25) is 5.95 Å². The van der Waals surface area contributed by atoms with Gasteiger partial charge in [-0.2, -0.15) is 10.1 Å². The molecular formula is C17H24N6. The zero-order chi connectivity index (χ0) is 16.1. The Morgan fingerprint density at radius 1 is 1.13 bits per heavy atom. The lowest BCUT2D eigenvalue weighted by Gasteiger charge is -2.17. The van der Waals surface area contributed by atoms with Crippen molar-refractivity contribution in [2.45, 2.75) is 26.7 Å². The molecule has 1 aromatic carbocycles. The van der Waals surface area contributed by atoms with E-state index in [1.165, 1.54) is 18.5 Å². The van der Waals surface area contributed by atoms with Crippen LogP contribution in [0.1, 0.15) is 26.7 Å². The molecule has 0 atom stereocenters. The average molecular weight is 312 g/mol. The van der Waals surface area contributed by atoms with Gasteiger partial charge in [0.25, 0.3) is 0 Å². The Morgan fingerprint density at radius 3 is 2.57 bits per heavy atom. The Morgan fingerprint density at radius 2 is 1.87 bits per heavy atom. The molecular weight excluding hydrogens is 288 g/mol. The smallest absolute Gasteiger partial charge is 0.244 e. The number of hydrogen-bond acceptors (Lipinski definition) is 6. The van der Waals surface area contributed by atoms with Crippen LogP contribution in [0.25, 0.3) is 0 Å². The molecule has 3 rings (SSSR count). The number of rotatable bonds is 6. The van der Waals surface area contributed by atoms with Crippen LogP contribution in [-0.2, 0) is 0 Å². The molecule has 1 fully saturated rings. The summed E-state index contributed by atoms with van der Waals surface area (Å²) in [5, 5.41) is 14.5. The van der Waals surface area contributed by atoms with Crippen LogP contribution < -0.4 is 15.5 Å². The van der Waals surface area contributed by atoms with Crippen molar-refractivity contribution >= 4 is 23.1 Å². The van der Waals surface area contributed by atoms with E-state index in [1.54, 1.807) is 6.20 Å². The number of anilines is 4. The minimum absolute atomic E-state index is 0.536. The maximum absolute atomic E-state index is 4.43. The van der Waals surface area contributed by atoms with Crippen molar-refractivity contribution in [1.29, 1.82) is 0 Å². The summed E-state index contributed by atoms with van der Waals surface area (Å²) in [5.74, 6) is 1.78. The lowest BCUT2D eigenvalue weighted by atomic mass is 10.2. The molecule has 1 aromatic heterocycles. The Bertz CT molecular complexity index is 619. The SMILES string of the molecule is CC(C)CNc1nncc(Nc2ccc(N3CCCC3)cc2)n1. The van der Waals surface area contributed by atoms with Crippen LogP contribution in [-0.4, -0.2) is 34.8 Å². The largest absolute Gasteiger partial charge is 0.372 e. The van der Waals surface area contributed by atoms with Gasteiger partial charge in [-0.3, -0.25) is 0 Å². The van der Waals surface area contributed by atoms with Crippen molar-refractivity contribution in [2.75, 3.05) is 35.2 Å². The molecule has 2 aromatic rings. The van der Waals surface area contributed by atoms with Gasteiger partial charge >= 0.3 is 0 Å². The number of benzene rings is 1. The van der Waals surface area contributed by atoms with Crippen LogP contribution in [0, 0.1) is 5.92 Å². The summed E-state index contributed by atoms with van der Waals surface area (Å²) in [6.45, 7) is 7.44. The fourth-order valence-electron chi connectivity index (χ4n) is 2.61. The molecule has 2 N–H and O–H groups in total. The fourth-order valence-corrected chi connectivity index (χ4v) is 2.61. The van der Waals surface area contributed by atoms with E-state index in [0.717, 1.165) is 25.3 Å². The van der Waals surface area contributed by atoms with Gasteiger partial charge in [-0.15, -0.1) is 5.10 Å². The van der Waals surface area contributed by atoms with Crippen LogP contribution in [0.2, 0.25) is 0 Å². The second kappa shape index (κ2) is 7.26. The van der Waals surface area contributed by atoms with Gasteiger partial charge in [0.15, 0.2) is 5.82 Å². The van der Waals surface area contributed by atoms with Crippen LogP contribution in [0.3, 0.4) is 0 Å². The zero-order valence-corrected chi connectivity index (χ0v) is 13.8. The van der Waals surface area contributed by atoms with E-state index < -0.39 is 0 Å². The molecule has 1 saturated heterocycles. The van der Waals surface area contributed by atoms with Gasteiger partial charge < -0.3 is 15.5 Å². The van der Waals surface area contributed by atoms with Crippen molar-refractivity contribution in [1.82, 2.24) is 15.2 Å². The summed E-state index contributed by atoms with van der Waals surface area (Å²) in [4.78, 5) is 6.85. The quantitative estimate of drug-likeness (QED) is 0.853. The van der Waals surface area contributed by atoms with Crippen LogP contribution >= 0.6 is 0 Å². The normalized spacial score (nSPS) is 14.3. The molecule has 6 heteroatoms. The second-order valence-electron chi connectivity index (χ2n) is 6.31. The van der Waals surface area contributed by atoms with Gasteiger partial charge in [-0.1, -0.05) is 13.8 Å². The molecule has 0 aliphatic carbocycles. The van der Waals surface area contributed by atoms with E-state index in [2.05, 4.69) is 68.8 Å². The first-order valence-electron chi connectivity index (χ1n) is 8.26. The van der Waals surface area contributed by atoms with E-state index in [9.17, 15) is 0 Å². The van der Waals surface area contributed by atoms with Gasteiger partial charge in [0.1, 0.15) is 0 Å². The molecule has 23 heavy (non-hydrogen) atoms. The lowest BCUT2D eigenvalue weighted by molar-refractivity contribution is 0.682. The highest BCUT2D eigenvalue weighted by Gasteiger charge is 2.11. The first kappa shape index (κ1) is 15.5. The minimum atomic E-state index is 0.536. The second-order valence-corrected chi connectivity index (χ2v) is 6.31. The highest BCUT2D eigenvalue weighted by Crippen LogP contribution is 2.23. The molecule has 0 radical (unpaired) electrons. The standard InChI is InChI=1S/C17H24N6/c1-13(2)11-18-17-21-16(12-19-22-17)20-14-5-7-15(8-6-14)23-9-3-4-10-23/h5-8,12-13H,3-4,9-11H2,1-2H3,(H2,18,20,21,22). The maximum atomic E-state index is 4.43. The number of nitrogens with zero attached hydrogens (tertiary/aromatic N) is 4. The first-order chi connectivity index (χ1) is 11.2. The van der Waals surface area contributed by atoms with Crippen molar-refractivity contribution in [3.63, 3.8) is 0 Å². The van der Waals surface area contributed by atoms with Crippen molar-refractivity contribution < 1.29 is 0 Å². The summed E-state index contributed by atoms with van der Waals surface area (Å²) >= 11 is 0. The highest BCUT2D eigenvalue weighted by atomic mass is 15.3. The third-order valence-corrected chi connectivity index (χ3v) is 3.84. The lowest BCUT2D eigenvalue weighted by Crippen LogP contribution is -2.17. The summed E-state index contributed by atoms with van der Waals surface area (Å²) in [7, 11) is 0. The Hall–Kier alpha value is -2.37. The summed E-state index contributed by atoms with van der Waals surface area (Å²) < 4.78 is 0. The molecule has 0 bridgehead atoms. The van der Waals surface area contributed by atoms with Gasteiger partial charge in [0.05, 0.1) is 6.20 Å². The minimum Gasteiger partial charge on any atom is -0.372 e. The Kier molecular flexibility index (Phi) is 4.90. The molecule has 1 aliphatic heterocycles. The Balaban J connectivity index is 1.63. The van der Waals surface area contributed by atoms with E-state index in [4.69, 9.17) is 0 Å². The van der Waals surface area contributed by atoms with E-state index >= 15 is 0 Å². The van der Waals surface area contributed by atoms with Gasteiger partial charge in [0, 0.05) is 31.0 Å². The van der Waals surface area contributed by atoms with Crippen LogP contribution in [0.5, 0.6) is 0 Å². The Labute approximate surface area is 137 Å². The molecule has 0 spiro atoms. The predicted molar refractivity (Wildman–Crippen MR) is 94.3 cm³/mol. The molecule has 6 nitrogen and oxygen atoms in total. The maximum Gasteiger partial charge on any atom is 0.244 e. The number of aromatic nitrogens is 3. The fraction of sp³-hybridized carbons (Fsp3) is 0.471. The van der Waals surface area contributed by atoms with Gasteiger partial charge in [-0.25, -0.2) is 0 Å². The third-order valence-electron chi connectivity index (χ3n) is 3.84. The molecule has 122 valence electrons. The van der Waals surface area contributed by atoms with Crippen LogP contribution in [0.15, 0.2) is 30.5 Å². The number of hydrogen-bond donors (Lipinski definition) is 2. The summed E-state index contributed by atoms with van der Waals surface area (Å²) in [5.41, 5.74) is 2.29. The molecule has 1 aliphatic rings. The summed E-state index contributed by atoms with van der Waals surface area (Å²) in [6, 6.07) is 8.47. The molecule has 0 saturated carbocycles. The van der Waals surface area contributed by atoms with E-state index in [0.29, 0.717) is 17.7 Å². The van der Waals surface area contributed by atoms with Crippen molar-refractivity contribution in [3.05, 3.63) is 30.5 Å². The predicted octanol–water partition coefficient (Wildman–Crippen LogP) is 3.28. The molecule has 0 unspecified atom stereocenters. The monoisotopic (exact) mass is 312 g/mol. The highest BCUT2D eigenvalue weighted by molar-refractivity contribution is 5.61. The van der Waals surface area contributed by atoms with E-state index in [1.807, 2.05) is 0 Å². The van der Waals surface area contributed by atoms with Gasteiger partial charge in [-0.05, 0) is 43.0 Å². The summed E-state index contributed by atoms with van der Waals surface area (Å²) in [6.07, 6.45) is 4.21. The van der Waals surface area contributed by atoms with Crippen molar-refractivity contribution in [3.8, 4) is 0 Å². The first-order valence-corrected chi connectivity index (χ1v) is 8.26. The van der Waals surface area contributed by atoms with Crippen LogP contribution in [0.4, 0.5) is 23.1 Å². The van der Waals surface area contributed by atoms with Crippen molar-refractivity contribution in [2.24, 2.45) is 5.92 Å². The van der Waals surface area contributed by atoms with E-state index in [-0.39, 0.29) is 0 Å². The molecule has 0 amide bonds.